The molecule has 1 amide bonds. The normalized spacial score (nSPS) is 15.1. The van der Waals surface area contributed by atoms with Gasteiger partial charge in [-0.1, -0.05) is 12.1 Å². The second-order valence-corrected chi connectivity index (χ2v) is 9.33. The molecule has 27 heavy (non-hydrogen) atoms. The van der Waals surface area contributed by atoms with Gasteiger partial charge in [-0.05, 0) is 64.7 Å². The van der Waals surface area contributed by atoms with E-state index in [0.717, 1.165) is 18.4 Å². The molecule has 0 N–H and O–H groups in total. The molecule has 1 aliphatic rings. The smallest absolute Gasteiger partial charge is 0.255 e. The second-order valence-electron chi connectivity index (χ2n) is 6.54. The zero-order chi connectivity index (χ0) is 19.6. The van der Waals surface area contributed by atoms with E-state index in [9.17, 15) is 17.6 Å². The van der Waals surface area contributed by atoms with Crippen molar-refractivity contribution in [1.29, 1.82) is 0 Å². The second kappa shape index (κ2) is 8.08. The zero-order valence-corrected chi connectivity index (χ0v) is 17.3. The molecule has 0 spiro atoms. The van der Waals surface area contributed by atoms with Gasteiger partial charge in [-0.15, -0.1) is 0 Å². The molecule has 1 fully saturated rings. The topological polar surface area (TPSA) is 57.7 Å². The summed E-state index contributed by atoms with van der Waals surface area (Å²) in [4.78, 5) is 14.4. The van der Waals surface area contributed by atoms with E-state index in [0.29, 0.717) is 17.6 Å². The monoisotopic (exact) mass is 454 g/mol. The summed E-state index contributed by atoms with van der Waals surface area (Å²) in [6.07, 6.45) is 1.70. The molecule has 3 rings (SSSR count). The molecule has 0 atom stereocenters. The van der Waals surface area contributed by atoms with E-state index >= 15 is 0 Å². The first-order chi connectivity index (χ1) is 12.8. The molecule has 8 heteroatoms. The number of benzene rings is 2. The minimum Gasteiger partial charge on any atom is -0.337 e. The molecule has 0 radical (unpaired) electrons. The Bertz CT molecular complexity index is 942. The van der Waals surface area contributed by atoms with Crippen LogP contribution in [0.2, 0.25) is 0 Å². The lowest BCUT2D eigenvalue weighted by atomic mass is 10.1. The molecule has 5 nitrogen and oxygen atoms in total. The first-order valence-corrected chi connectivity index (χ1v) is 10.8. The van der Waals surface area contributed by atoms with Crippen LogP contribution < -0.4 is 0 Å². The fourth-order valence-corrected chi connectivity index (χ4v) is 5.01. The predicted octanol–water partition coefficient (Wildman–Crippen LogP) is 3.64. The lowest BCUT2D eigenvalue weighted by molar-refractivity contribution is 0.0784. The van der Waals surface area contributed by atoms with Crippen molar-refractivity contribution in [3.8, 4) is 0 Å². The van der Waals surface area contributed by atoms with Gasteiger partial charge in [0.1, 0.15) is 5.82 Å². The molecule has 2 aromatic carbocycles. The van der Waals surface area contributed by atoms with E-state index in [2.05, 4.69) is 15.9 Å². The summed E-state index contributed by atoms with van der Waals surface area (Å²) in [7, 11) is -1.98. The average Bonchev–Trinajstić information content (AvgIpc) is 3.19. The van der Waals surface area contributed by atoms with E-state index in [4.69, 9.17) is 0 Å². The molecular formula is C19H20BrFN2O3S. The molecule has 0 aliphatic carbocycles. The number of hydrogen-bond donors (Lipinski definition) is 0. The van der Waals surface area contributed by atoms with Crippen molar-refractivity contribution in [3.05, 3.63) is 63.9 Å². The summed E-state index contributed by atoms with van der Waals surface area (Å²) in [6, 6.07) is 10.4. The Morgan fingerprint density at radius 2 is 1.78 bits per heavy atom. The van der Waals surface area contributed by atoms with Crippen molar-refractivity contribution < 1.29 is 17.6 Å². The highest BCUT2D eigenvalue weighted by atomic mass is 79.9. The fourth-order valence-electron chi connectivity index (χ4n) is 3.05. The van der Waals surface area contributed by atoms with Gasteiger partial charge in [-0.3, -0.25) is 4.79 Å². The lowest BCUT2D eigenvalue weighted by Gasteiger charge is -2.20. The maximum absolute atomic E-state index is 13.0. The number of carbonyl (C=O) groups excluding carboxylic acids is 1. The first kappa shape index (κ1) is 20.0. The molecule has 0 saturated carbocycles. The third-order valence-electron chi connectivity index (χ3n) is 4.55. The Kier molecular flexibility index (Phi) is 5.98. The standard InChI is InChI=1S/C19H20BrFN2O3S/c1-22(13-14-4-6-15(21)7-5-14)19(24)17-12-16(8-9-18(17)20)27(25,26)23-10-2-3-11-23/h4-9,12H,2-3,10-11,13H2,1H3. The van der Waals surface area contributed by atoms with Crippen LogP contribution in [-0.4, -0.2) is 43.7 Å². The third-order valence-corrected chi connectivity index (χ3v) is 7.14. The van der Waals surface area contributed by atoms with Gasteiger partial charge in [0.2, 0.25) is 10.0 Å². The van der Waals surface area contributed by atoms with E-state index in [1.807, 2.05) is 0 Å². The maximum Gasteiger partial charge on any atom is 0.255 e. The highest BCUT2D eigenvalue weighted by molar-refractivity contribution is 9.10. The van der Waals surface area contributed by atoms with Crippen LogP contribution in [0, 0.1) is 5.82 Å². The number of carbonyl (C=O) groups is 1. The van der Waals surface area contributed by atoms with Gasteiger partial charge in [0, 0.05) is 31.2 Å². The molecule has 0 bridgehead atoms. The Labute approximate surface area is 167 Å². The van der Waals surface area contributed by atoms with Gasteiger partial charge >= 0.3 is 0 Å². The molecule has 144 valence electrons. The number of hydrogen-bond acceptors (Lipinski definition) is 3. The summed E-state index contributed by atoms with van der Waals surface area (Å²) in [5, 5.41) is 0. The summed E-state index contributed by atoms with van der Waals surface area (Å²) in [5.41, 5.74) is 1.06. The minimum absolute atomic E-state index is 0.117. The summed E-state index contributed by atoms with van der Waals surface area (Å²) in [5.74, 6) is -0.653. The largest absolute Gasteiger partial charge is 0.337 e. The van der Waals surface area contributed by atoms with Gasteiger partial charge in [0.25, 0.3) is 5.91 Å². The number of nitrogens with zero attached hydrogens (tertiary/aromatic N) is 2. The highest BCUT2D eigenvalue weighted by Crippen LogP contribution is 2.26. The summed E-state index contributed by atoms with van der Waals surface area (Å²) in [6.45, 7) is 1.30. The quantitative estimate of drug-likeness (QED) is 0.692. The van der Waals surface area contributed by atoms with Crippen molar-refractivity contribution in [2.24, 2.45) is 0 Å². The van der Waals surface area contributed by atoms with Crippen LogP contribution in [-0.2, 0) is 16.6 Å². The van der Waals surface area contributed by atoms with Crippen LogP contribution in [0.25, 0.3) is 0 Å². The first-order valence-electron chi connectivity index (χ1n) is 8.58. The van der Waals surface area contributed by atoms with Gasteiger partial charge in [-0.25, -0.2) is 12.8 Å². The Hall–Kier alpha value is -1.77. The van der Waals surface area contributed by atoms with Gasteiger partial charge in [0.05, 0.1) is 10.5 Å². The minimum atomic E-state index is -3.60. The van der Waals surface area contributed by atoms with Gasteiger partial charge in [-0.2, -0.15) is 4.31 Å². The summed E-state index contributed by atoms with van der Waals surface area (Å²) < 4.78 is 40.5. The van der Waals surface area contributed by atoms with Crippen molar-refractivity contribution in [2.75, 3.05) is 20.1 Å². The SMILES string of the molecule is CN(Cc1ccc(F)cc1)C(=O)c1cc(S(=O)(=O)N2CCCC2)ccc1Br. The number of halogens is 2. The van der Waals surface area contributed by atoms with Crippen molar-refractivity contribution in [2.45, 2.75) is 24.3 Å². The van der Waals surface area contributed by atoms with Crippen LogP contribution in [0.4, 0.5) is 4.39 Å². The number of sulfonamides is 1. The average molecular weight is 455 g/mol. The van der Waals surface area contributed by atoms with Crippen molar-refractivity contribution >= 4 is 31.9 Å². The van der Waals surface area contributed by atoms with Gasteiger partial charge < -0.3 is 4.90 Å². The summed E-state index contributed by atoms with van der Waals surface area (Å²) >= 11 is 3.34. The van der Waals surface area contributed by atoms with E-state index in [1.165, 1.54) is 33.5 Å². The van der Waals surface area contributed by atoms with Crippen LogP contribution in [0.15, 0.2) is 51.8 Å². The molecule has 1 aliphatic heterocycles. The molecule has 0 aromatic heterocycles. The van der Waals surface area contributed by atoms with Gasteiger partial charge in [0.15, 0.2) is 0 Å². The van der Waals surface area contributed by atoms with Crippen molar-refractivity contribution in [1.82, 2.24) is 9.21 Å². The molecule has 1 saturated heterocycles. The zero-order valence-electron chi connectivity index (χ0n) is 14.9. The maximum atomic E-state index is 13.0. The van der Waals surface area contributed by atoms with E-state index < -0.39 is 10.0 Å². The molecule has 2 aromatic rings. The fraction of sp³-hybridized carbons (Fsp3) is 0.316. The molecular weight excluding hydrogens is 435 g/mol. The predicted molar refractivity (Wildman–Crippen MR) is 104 cm³/mol. The lowest BCUT2D eigenvalue weighted by Crippen LogP contribution is -2.29. The Morgan fingerprint density at radius 1 is 1.15 bits per heavy atom. The third kappa shape index (κ3) is 4.39. The van der Waals surface area contributed by atoms with Crippen LogP contribution in [0.1, 0.15) is 28.8 Å². The molecule has 1 heterocycles. The number of amides is 1. The highest BCUT2D eigenvalue weighted by Gasteiger charge is 2.28. The molecule has 0 unspecified atom stereocenters. The van der Waals surface area contributed by atoms with Crippen LogP contribution >= 0.6 is 15.9 Å². The van der Waals surface area contributed by atoms with Crippen LogP contribution in [0.5, 0.6) is 0 Å². The van der Waals surface area contributed by atoms with E-state index in [1.54, 1.807) is 25.2 Å². The van der Waals surface area contributed by atoms with Crippen LogP contribution in [0.3, 0.4) is 0 Å². The Morgan fingerprint density at radius 3 is 2.41 bits per heavy atom. The van der Waals surface area contributed by atoms with Crippen molar-refractivity contribution in [3.63, 3.8) is 0 Å². The van der Waals surface area contributed by atoms with E-state index in [-0.39, 0.29) is 28.7 Å². The number of rotatable bonds is 5. The Balaban J connectivity index is 1.84.